The lowest BCUT2D eigenvalue weighted by molar-refractivity contribution is -0.127. The van der Waals surface area contributed by atoms with Crippen LogP contribution in [-0.2, 0) is 26.9 Å². The van der Waals surface area contributed by atoms with Crippen LogP contribution < -0.4 is 13.8 Å². The van der Waals surface area contributed by atoms with E-state index in [9.17, 15) is 18.8 Å². The standard InChI is InChI=1S/C37H39FN6O7S/c1-49-28-5-7-29(8-6-28)52(47,48)44-32-9-3-25(22-39)19-30(32)37(36(44)46,43-24-27(38)21-33(43)35-40-11-18-51-35)31-20-26(4-10-34(31)50-2)23-42-14-12-41(13-15-42)16-17-45/h3-11,18-20,27,33,45H,12-17,21,23-24H2,1-2H3/t27-,33+,37?/m1/s1. The van der Waals surface area contributed by atoms with Crippen molar-refractivity contribution < 1.29 is 36.6 Å². The fourth-order valence-corrected chi connectivity index (χ4v) is 9.18. The Labute approximate surface area is 301 Å². The van der Waals surface area contributed by atoms with E-state index < -0.39 is 33.7 Å². The molecular formula is C37H39FN6O7S. The predicted molar refractivity (Wildman–Crippen MR) is 187 cm³/mol. The summed E-state index contributed by atoms with van der Waals surface area (Å²) in [5, 5.41) is 19.5. The van der Waals surface area contributed by atoms with Crippen LogP contribution in [0, 0.1) is 11.3 Å². The normalized spacial score (nSPS) is 22.8. The van der Waals surface area contributed by atoms with E-state index in [1.165, 1.54) is 69.1 Å². The van der Waals surface area contributed by atoms with E-state index in [4.69, 9.17) is 13.9 Å². The van der Waals surface area contributed by atoms with Crippen molar-refractivity contribution in [2.75, 3.05) is 64.4 Å². The van der Waals surface area contributed by atoms with E-state index in [0.717, 1.165) is 36.0 Å². The molecule has 2 fully saturated rings. The topological polar surface area (TPSA) is 153 Å². The van der Waals surface area contributed by atoms with Crippen molar-refractivity contribution in [1.29, 1.82) is 5.26 Å². The number of piperazine rings is 1. The second kappa shape index (κ2) is 14.3. The Hall–Kier alpha value is -4.85. The Morgan fingerprint density at radius 1 is 1.02 bits per heavy atom. The van der Waals surface area contributed by atoms with Gasteiger partial charge in [-0.3, -0.25) is 19.5 Å². The monoisotopic (exact) mass is 730 g/mol. The summed E-state index contributed by atoms with van der Waals surface area (Å²) in [6, 6.07) is 16.8. The number of anilines is 1. The fourth-order valence-electron chi connectivity index (χ4n) is 7.72. The molecule has 1 amide bonds. The zero-order valence-electron chi connectivity index (χ0n) is 28.8. The van der Waals surface area contributed by atoms with Gasteiger partial charge in [0.25, 0.3) is 15.9 Å². The number of alkyl halides is 1. The largest absolute Gasteiger partial charge is 0.497 e. The molecule has 0 radical (unpaired) electrons. The number of hydrogen-bond donors (Lipinski definition) is 1. The highest BCUT2D eigenvalue weighted by Crippen LogP contribution is 2.57. The molecule has 4 heterocycles. The second-order valence-corrected chi connectivity index (χ2v) is 14.8. The third-order valence-electron chi connectivity index (χ3n) is 10.2. The van der Waals surface area contributed by atoms with Crippen LogP contribution in [-0.4, -0.2) is 105 Å². The summed E-state index contributed by atoms with van der Waals surface area (Å²) in [6.45, 7) is 3.96. The van der Waals surface area contributed by atoms with Gasteiger partial charge in [-0.2, -0.15) is 5.26 Å². The Morgan fingerprint density at radius 3 is 2.42 bits per heavy atom. The first kappa shape index (κ1) is 35.5. The van der Waals surface area contributed by atoms with E-state index in [0.29, 0.717) is 24.4 Å². The fraction of sp³-hybridized carbons (Fsp3) is 0.378. The lowest BCUT2D eigenvalue weighted by Crippen LogP contribution is -2.55. The number of benzene rings is 3. The molecule has 1 aromatic heterocycles. The number of carbonyl (C=O) groups is 1. The summed E-state index contributed by atoms with van der Waals surface area (Å²) < 4.78 is 62.8. The zero-order valence-corrected chi connectivity index (χ0v) is 29.6. The molecule has 0 spiro atoms. The number of fused-ring (bicyclic) bond motifs is 1. The number of likely N-dealkylation sites (tertiary alicyclic amines) is 1. The van der Waals surface area contributed by atoms with E-state index >= 15 is 9.18 Å². The maximum absolute atomic E-state index is 15.9. The smallest absolute Gasteiger partial charge is 0.271 e. The quantitative estimate of drug-likeness (QED) is 0.241. The Bertz CT molecular complexity index is 2080. The van der Waals surface area contributed by atoms with Gasteiger partial charge in [-0.15, -0.1) is 0 Å². The van der Waals surface area contributed by atoms with E-state index in [-0.39, 0.29) is 52.9 Å². The minimum absolute atomic E-state index is 0.0285. The van der Waals surface area contributed by atoms with Crippen LogP contribution in [0.2, 0.25) is 0 Å². The number of nitrogens with zero attached hydrogens (tertiary/aromatic N) is 6. The molecular weight excluding hydrogens is 692 g/mol. The van der Waals surface area contributed by atoms with Crippen LogP contribution in [0.25, 0.3) is 0 Å². The lowest BCUT2D eigenvalue weighted by atomic mass is 9.79. The number of oxazole rings is 1. The van der Waals surface area contributed by atoms with Gasteiger partial charge in [0.2, 0.25) is 5.89 Å². The molecule has 15 heteroatoms. The van der Waals surface area contributed by atoms with Gasteiger partial charge in [0.1, 0.15) is 23.9 Å². The summed E-state index contributed by atoms with van der Waals surface area (Å²) in [5.41, 5.74) is -0.502. The van der Waals surface area contributed by atoms with Gasteiger partial charge in [0, 0.05) is 63.4 Å². The van der Waals surface area contributed by atoms with Crippen LogP contribution in [0.1, 0.15) is 40.6 Å². The highest BCUT2D eigenvalue weighted by atomic mass is 32.2. The number of rotatable bonds is 11. The van der Waals surface area contributed by atoms with Crippen LogP contribution in [0.5, 0.6) is 11.5 Å². The number of ether oxygens (including phenoxy) is 2. The second-order valence-electron chi connectivity index (χ2n) is 13.1. The summed E-state index contributed by atoms with van der Waals surface area (Å²) in [5.74, 6) is -0.0172. The molecule has 272 valence electrons. The predicted octanol–water partition coefficient (Wildman–Crippen LogP) is 3.44. The van der Waals surface area contributed by atoms with Crippen LogP contribution in [0.15, 0.2) is 82.4 Å². The minimum Gasteiger partial charge on any atom is -0.497 e. The van der Waals surface area contributed by atoms with Gasteiger partial charge in [0.15, 0.2) is 5.54 Å². The molecule has 1 unspecified atom stereocenters. The summed E-state index contributed by atoms with van der Waals surface area (Å²) in [6.07, 6.45) is 1.30. The Kier molecular flexibility index (Phi) is 9.77. The van der Waals surface area contributed by atoms with Crippen LogP contribution in [0.3, 0.4) is 0 Å². The third kappa shape index (κ3) is 6.00. The van der Waals surface area contributed by atoms with Crippen LogP contribution >= 0.6 is 0 Å². The van der Waals surface area contributed by atoms with Gasteiger partial charge in [0.05, 0.1) is 55.3 Å². The maximum atomic E-state index is 15.9. The number of amides is 1. The number of methoxy groups -OCH3 is 2. The number of β-amino-alcohol motifs (C(OH)–C–C–N with tert-alkyl or cyclic N) is 1. The molecule has 0 saturated carbocycles. The molecule has 4 aromatic rings. The van der Waals surface area contributed by atoms with Gasteiger partial charge in [-0.1, -0.05) is 6.07 Å². The highest BCUT2D eigenvalue weighted by molar-refractivity contribution is 7.93. The molecule has 3 aliphatic heterocycles. The molecule has 52 heavy (non-hydrogen) atoms. The molecule has 13 nitrogen and oxygen atoms in total. The van der Waals surface area contributed by atoms with Gasteiger partial charge in [-0.25, -0.2) is 22.1 Å². The molecule has 3 aromatic carbocycles. The first-order valence-electron chi connectivity index (χ1n) is 17.0. The van der Waals surface area contributed by atoms with Gasteiger partial charge in [-0.05, 0) is 60.2 Å². The molecule has 1 N–H and O–H groups in total. The summed E-state index contributed by atoms with van der Waals surface area (Å²) in [7, 11) is -1.67. The number of nitriles is 1. The Balaban J connectivity index is 1.45. The number of hydrogen-bond acceptors (Lipinski definition) is 12. The molecule has 0 aliphatic carbocycles. The highest BCUT2D eigenvalue weighted by Gasteiger charge is 2.64. The van der Waals surface area contributed by atoms with Crippen molar-refractivity contribution in [3.63, 3.8) is 0 Å². The third-order valence-corrected chi connectivity index (χ3v) is 11.9. The summed E-state index contributed by atoms with van der Waals surface area (Å²) >= 11 is 0. The van der Waals surface area contributed by atoms with Crippen molar-refractivity contribution in [1.82, 2.24) is 19.7 Å². The molecule has 2 saturated heterocycles. The van der Waals surface area contributed by atoms with E-state index in [1.807, 2.05) is 12.1 Å². The van der Waals surface area contributed by atoms with Crippen molar-refractivity contribution in [2.24, 2.45) is 0 Å². The van der Waals surface area contributed by atoms with Crippen molar-refractivity contribution >= 4 is 21.6 Å². The van der Waals surface area contributed by atoms with Crippen LogP contribution in [0.4, 0.5) is 10.1 Å². The van der Waals surface area contributed by atoms with E-state index in [1.54, 1.807) is 11.0 Å². The number of carbonyl (C=O) groups excluding carboxylic acids is 1. The SMILES string of the molecule is COc1ccc(S(=O)(=O)N2C(=O)C(c3cc(CN4CCN(CCO)CC4)ccc3OC)(N3C[C@H](F)C[C@H]3c3ncco3)c3cc(C#N)ccc32)cc1. The number of sulfonamides is 1. The number of aromatic nitrogens is 1. The van der Waals surface area contributed by atoms with Gasteiger partial charge >= 0.3 is 0 Å². The molecule has 7 rings (SSSR count). The Morgan fingerprint density at radius 2 is 1.77 bits per heavy atom. The first-order chi connectivity index (χ1) is 25.1. The van der Waals surface area contributed by atoms with Crippen molar-refractivity contribution in [3.8, 4) is 17.6 Å². The first-order valence-corrected chi connectivity index (χ1v) is 18.4. The molecule has 3 atom stereocenters. The summed E-state index contributed by atoms with van der Waals surface area (Å²) in [4.78, 5) is 25.9. The zero-order chi connectivity index (χ0) is 36.6. The van der Waals surface area contributed by atoms with E-state index in [2.05, 4.69) is 20.9 Å². The average Bonchev–Trinajstić information content (AvgIpc) is 3.89. The molecule has 0 bridgehead atoms. The average molecular weight is 731 g/mol. The van der Waals surface area contributed by atoms with Crippen molar-refractivity contribution in [2.45, 2.75) is 35.6 Å². The lowest BCUT2D eigenvalue weighted by Gasteiger charge is -2.41. The molecule has 3 aliphatic rings. The minimum atomic E-state index is -4.59. The number of aliphatic hydroxyl groups is 1. The number of aliphatic hydroxyl groups excluding tert-OH is 1. The van der Waals surface area contributed by atoms with Gasteiger partial charge < -0.3 is 19.0 Å². The number of halogens is 1. The van der Waals surface area contributed by atoms with Crippen molar-refractivity contribution in [3.05, 3.63) is 101 Å². The maximum Gasteiger partial charge on any atom is 0.271 e.